The summed E-state index contributed by atoms with van der Waals surface area (Å²) in [6.45, 7) is 9.22. The first-order valence-corrected chi connectivity index (χ1v) is 13.0. The van der Waals surface area contributed by atoms with Crippen molar-refractivity contribution in [1.29, 1.82) is 5.26 Å². The van der Waals surface area contributed by atoms with E-state index in [0.717, 1.165) is 86.8 Å². The van der Waals surface area contributed by atoms with E-state index in [1.807, 2.05) is 0 Å². The molecule has 1 aliphatic heterocycles. The summed E-state index contributed by atoms with van der Waals surface area (Å²) in [6, 6.07) is 2.21. The van der Waals surface area contributed by atoms with Crippen LogP contribution in [0.25, 0.3) is 0 Å². The number of fused-ring (bicyclic) bond motifs is 1. The van der Waals surface area contributed by atoms with Crippen molar-refractivity contribution < 1.29 is 19.4 Å². The predicted octanol–water partition coefficient (Wildman–Crippen LogP) is 7.53. The van der Waals surface area contributed by atoms with Gasteiger partial charge in [0.1, 0.15) is 17.1 Å². The molecule has 1 aromatic carbocycles. The molecule has 0 fully saturated rings. The minimum atomic E-state index is -0.718. The quantitative estimate of drug-likeness (QED) is 0.212. The summed E-state index contributed by atoms with van der Waals surface area (Å²) in [7, 11) is 0. The lowest BCUT2D eigenvalue weighted by molar-refractivity contribution is -0.137. The maximum absolute atomic E-state index is 10.6. The second kappa shape index (κ2) is 14.0. The van der Waals surface area contributed by atoms with Crippen molar-refractivity contribution in [2.24, 2.45) is 0 Å². The van der Waals surface area contributed by atoms with Gasteiger partial charge in [0.2, 0.25) is 0 Å². The molecular formula is C29H43NO4. The molecule has 0 bridgehead atoms. The number of carboxylic acids is 1. The molecule has 0 radical (unpaired) electrons. The van der Waals surface area contributed by atoms with E-state index in [1.54, 1.807) is 0 Å². The minimum Gasteiger partial charge on any atom is -0.493 e. The second-order valence-electron chi connectivity index (χ2n) is 9.85. The highest BCUT2D eigenvalue weighted by Crippen LogP contribution is 2.44. The molecule has 0 saturated carbocycles. The second-order valence-corrected chi connectivity index (χ2v) is 9.85. The fraction of sp³-hybridized carbons (Fsp3) is 0.655. The molecule has 1 aromatic rings. The van der Waals surface area contributed by atoms with Gasteiger partial charge in [0.05, 0.1) is 12.7 Å². The van der Waals surface area contributed by atoms with Crippen molar-refractivity contribution >= 4 is 5.97 Å². The lowest BCUT2D eigenvalue weighted by atomic mass is 9.86. The molecule has 5 heteroatoms. The number of unbranched alkanes of at least 4 members (excludes halogenated alkanes) is 8. The fourth-order valence-corrected chi connectivity index (χ4v) is 4.64. The number of ether oxygens (including phenoxy) is 2. The van der Waals surface area contributed by atoms with Crippen molar-refractivity contribution in [2.45, 2.75) is 117 Å². The van der Waals surface area contributed by atoms with Crippen LogP contribution in [0.3, 0.4) is 0 Å². The zero-order chi connectivity index (χ0) is 25.0. The molecular weight excluding hydrogens is 426 g/mol. The van der Waals surface area contributed by atoms with Gasteiger partial charge in [-0.2, -0.15) is 5.26 Å². The summed E-state index contributed by atoms with van der Waals surface area (Å²) in [4.78, 5) is 10.6. The van der Waals surface area contributed by atoms with Crippen molar-refractivity contribution in [3.63, 3.8) is 0 Å². The van der Waals surface area contributed by atoms with Crippen LogP contribution in [0, 0.1) is 32.1 Å². The van der Waals surface area contributed by atoms with Gasteiger partial charge in [-0.05, 0) is 95.4 Å². The van der Waals surface area contributed by atoms with E-state index in [9.17, 15) is 4.79 Å². The topological polar surface area (TPSA) is 79.5 Å². The Kier molecular flexibility index (Phi) is 11.5. The van der Waals surface area contributed by atoms with Gasteiger partial charge in [0, 0.05) is 18.4 Å². The Hall–Kier alpha value is -2.48. The number of hydrogen-bond donors (Lipinski definition) is 1. The van der Waals surface area contributed by atoms with Gasteiger partial charge in [0.15, 0.2) is 0 Å². The first-order chi connectivity index (χ1) is 16.3. The number of hydrogen-bond acceptors (Lipinski definition) is 4. The average molecular weight is 470 g/mol. The zero-order valence-electron chi connectivity index (χ0n) is 21.7. The highest BCUT2D eigenvalue weighted by atomic mass is 16.5. The number of nitrogens with zero attached hydrogens (tertiary/aromatic N) is 1. The van der Waals surface area contributed by atoms with E-state index >= 15 is 0 Å². The number of rotatable bonds is 15. The monoisotopic (exact) mass is 469 g/mol. The normalized spacial score (nSPS) is 17.3. The summed E-state index contributed by atoms with van der Waals surface area (Å²) in [6.07, 6.45) is 16.5. The summed E-state index contributed by atoms with van der Waals surface area (Å²) in [5.74, 6) is 1.29. The maximum atomic E-state index is 10.6. The predicted molar refractivity (Wildman–Crippen MR) is 137 cm³/mol. The van der Waals surface area contributed by atoms with Gasteiger partial charge in [-0.3, -0.25) is 4.79 Å². The highest BCUT2D eigenvalue weighted by Gasteiger charge is 2.32. The van der Waals surface area contributed by atoms with E-state index in [1.165, 1.54) is 17.5 Å². The molecule has 0 saturated heterocycles. The molecule has 34 heavy (non-hydrogen) atoms. The van der Waals surface area contributed by atoms with Crippen LogP contribution in [0.1, 0.15) is 106 Å². The minimum absolute atomic E-state index is 0.251. The van der Waals surface area contributed by atoms with Crippen molar-refractivity contribution in [2.75, 3.05) is 6.61 Å². The summed E-state index contributed by atoms with van der Waals surface area (Å²) in [5, 5.41) is 17.3. The number of carbonyl (C=O) groups is 1. The molecule has 1 aliphatic rings. The number of nitriles is 1. The van der Waals surface area contributed by atoms with Crippen molar-refractivity contribution in [3.8, 4) is 17.6 Å². The Bertz CT molecular complexity index is 883. The van der Waals surface area contributed by atoms with E-state index in [-0.39, 0.29) is 12.0 Å². The van der Waals surface area contributed by atoms with Crippen LogP contribution < -0.4 is 9.47 Å². The maximum Gasteiger partial charge on any atom is 0.303 e. The number of allylic oxidation sites excluding steroid dienone is 1. The standard InChI is InChI=1S/C29H43NO4/c1-22-23(2)28-25(24(3)27(22)33-21-15-11-8-12-16-26(31)32)17-19-29(4,34-28)18-13-9-6-5-7-10-14-20-30/h13,18H,5-12,14-17,19,21H2,1-4H3,(H,31,32). The molecule has 0 amide bonds. The van der Waals surface area contributed by atoms with Crippen molar-refractivity contribution in [1.82, 2.24) is 0 Å². The van der Waals surface area contributed by atoms with Crippen molar-refractivity contribution in [3.05, 3.63) is 34.4 Å². The van der Waals surface area contributed by atoms with Crippen LogP contribution in [0.4, 0.5) is 0 Å². The van der Waals surface area contributed by atoms with Gasteiger partial charge in [-0.15, -0.1) is 0 Å². The Morgan fingerprint density at radius 3 is 2.50 bits per heavy atom. The Morgan fingerprint density at radius 1 is 1.06 bits per heavy atom. The fourth-order valence-electron chi connectivity index (χ4n) is 4.64. The van der Waals surface area contributed by atoms with Gasteiger partial charge < -0.3 is 14.6 Å². The number of carboxylic acid groups (broad SMARTS) is 1. The van der Waals surface area contributed by atoms with Crippen LogP contribution >= 0.6 is 0 Å². The van der Waals surface area contributed by atoms with Crippen LogP contribution in [0.5, 0.6) is 11.5 Å². The zero-order valence-corrected chi connectivity index (χ0v) is 21.7. The van der Waals surface area contributed by atoms with E-state index in [0.29, 0.717) is 13.0 Å². The van der Waals surface area contributed by atoms with Gasteiger partial charge in [-0.1, -0.05) is 31.8 Å². The molecule has 1 atom stereocenters. The van der Waals surface area contributed by atoms with E-state index < -0.39 is 5.97 Å². The molecule has 1 unspecified atom stereocenters. The van der Waals surface area contributed by atoms with E-state index in [4.69, 9.17) is 19.8 Å². The van der Waals surface area contributed by atoms with E-state index in [2.05, 4.69) is 45.9 Å². The number of benzene rings is 1. The Labute approximate surface area is 206 Å². The molecule has 0 aliphatic carbocycles. The van der Waals surface area contributed by atoms with Gasteiger partial charge in [0.25, 0.3) is 0 Å². The van der Waals surface area contributed by atoms with Crippen LogP contribution in [-0.2, 0) is 11.2 Å². The SMILES string of the molecule is Cc1c(C)c2c(c(C)c1OCCCCCCC(=O)O)CCC(C)(C=CCCCCCCC#N)O2. The lowest BCUT2D eigenvalue weighted by Crippen LogP contribution is -2.35. The molecule has 1 heterocycles. The summed E-state index contributed by atoms with van der Waals surface area (Å²) >= 11 is 0. The largest absolute Gasteiger partial charge is 0.493 e. The average Bonchev–Trinajstić information content (AvgIpc) is 2.80. The Morgan fingerprint density at radius 2 is 1.76 bits per heavy atom. The molecule has 0 aromatic heterocycles. The summed E-state index contributed by atoms with van der Waals surface area (Å²) in [5.41, 5.74) is 4.48. The van der Waals surface area contributed by atoms with Gasteiger partial charge >= 0.3 is 5.97 Å². The summed E-state index contributed by atoms with van der Waals surface area (Å²) < 4.78 is 12.8. The molecule has 5 nitrogen and oxygen atoms in total. The molecule has 1 N–H and O–H groups in total. The first kappa shape index (κ1) is 27.8. The third-order valence-electron chi connectivity index (χ3n) is 6.93. The molecule has 2 rings (SSSR count). The molecule has 0 spiro atoms. The smallest absolute Gasteiger partial charge is 0.303 e. The van der Waals surface area contributed by atoms with Gasteiger partial charge in [-0.25, -0.2) is 0 Å². The first-order valence-electron chi connectivity index (χ1n) is 13.0. The third-order valence-corrected chi connectivity index (χ3v) is 6.93. The number of aliphatic carboxylic acids is 1. The molecule has 188 valence electrons. The van der Waals surface area contributed by atoms with Crippen LogP contribution in [0.15, 0.2) is 12.2 Å². The third kappa shape index (κ3) is 8.38. The van der Waals surface area contributed by atoms with Crippen LogP contribution in [-0.4, -0.2) is 23.3 Å². The highest BCUT2D eigenvalue weighted by molar-refractivity contribution is 5.66. The Balaban J connectivity index is 1.91. The van der Waals surface area contributed by atoms with Crippen LogP contribution in [0.2, 0.25) is 0 Å². The lowest BCUT2D eigenvalue weighted by Gasteiger charge is -2.36.